The second-order valence-electron chi connectivity index (χ2n) is 8.66. The van der Waals surface area contributed by atoms with Crippen molar-refractivity contribution >= 4 is 33.4 Å². The molecule has 6 rings (SSSR count). The van der Waals surface area contributed by atoms with Gasteiger partial charge in [-0.2, -0.15) is 0 Å². The second-order valence-corrected chi connectivity index (χ2v) is 8.66. The Morgan fingerprint density at radius 1 is 1.03 bits per heavy atom. The van der Waals surface area contributed by atoms with Gasteiger partial charge in [0.05, 0.1) is 16.9 Å². The molecule has 6 nitrogen and oxygen atoms in total. The van der Waals surface area contributed by atoms with Crippen LogP contribution in [0.2, 0.25) is 0 Å². The van der Waals surface area contributed by atoms with E-state index in [1.807, 2.05) is 85.2 Å². The largest absolute Gasteiger partial charge is 1.00 e. The summed E-state index contributed by atoms with van der Waals surface area (Å²) in [5, 5.41) is 13.7. The average Bonchev–Trinajstić information content (AvgIpc) is 3.47. The summed E-state index contributed by atoms with van der Waals surface area (Å²) in [5.41, 5.74) is 5.51. The SMILES string of the molecule is Cc1c(-c2cc(C(=O)[O-])c3c(OCc4ccn5cccc5c4)ccc(C)c3n2)oc2ccccc12.[Na+]. The Kier molecular flexibility index (Phi) is 6.35. The number of ether oxygens (including phenoxy) is 1. The number of para-hydroxylation sites is 1. The van der Waals surface area contributed by atoms with Crippen LogP contribution in [0.1, 0.15) is 27.0 Å². The van der Waals surface area contributed by atoms with Gasteiger partial charge in [0.25, 0.3) is 0 Å². The third-order valence-electron chi connectivity index (χ3n) is 6.41. The number of carboxylic acid groups (broad SMARTS) is 1. The molecule has 0 aliphatic rings. The number of fused-ring (bicyclic) bond motifs is 3. The molecule has 0 atom stereocenters. The summed E-state index contributed by atoms with van der Waals surface area (Å²) in [7, 11) is 0. The van der Waals surface area contributed by atoms with Gasteiger partial charge >= 0.3 is 29.6 Å². The monoisotopic (exact) mass is 484 g/mol. The van der Waals surface area contributed by atoms with Crippen molar-refractivity contribution in [2.75, 3.05) is 0 Å². The fourth-order valence-corrected chi connectivity index (χ4v) is 4.59. The molecular weight excluding hydrogens is 463 g/mol. The first kappa shape index (κ1) is 24.1. The standard InChI is InChI=1S/C29H22N2O4.Na/c1-17-9-10-25(34-16-19-11-13-31-12-5-6-20(31)14-19)26-22(29(32)33)15-23(30-27(17)26)28-18(2)21-7-3-4-8-24(21)35-28;/h3-15H,16H2,1-2H3,(H,32,33);/q;+1/p-1. The van der Waals surface area contributed by atoms with Crippen molar-refractivity contribution in [1.29, 1.82) is 0 Å². The van der Waals surface area contributed by atoms with E-state index in [0.717, 1.165) is 33.2 Å². The molecule has 0 radical (unpaired) electrons. The number of pyridine rings is 2. The third kappa shape index (κ3) is 4.07. The third-order valence-corrected chi connectivity index (χ3v) is 6.41. The Balaban J connectivity index is 0.00000267. The van der Waals surface area contributed by atoms with Crippen molar-refractivity contribution in [1.82, 2.24) is 9.38 Å². The summed E-state index contributed by atoms with van der Waals surface area (Å²) >= 11 is 0. The van der Waals surface area contributed by atoms with Crippen LogP contribution < -0.4 is 39.4 Å². The number of carboxylic acids is 1. The van der Waals surface area contributed by atoms with Crippen LogP contribution in [0, 0.1) is 13.8 Å². The number of carbonyl (C=O) groups is 1. The summed E-state index contributed by atoms with van der Waals surface area (Å²) in [6.07, 6.45) is 3.95. The molecule has 4 aromatic heterocycles. The zero-order chi connectivity index (χ0) is 24.1. The van der Waals surface area contributed by atoms with E-state index in [0.29, 0.717) is 28.1 Å². The molecule has 0 fully saturated rings. The van der Waals surface area contributed by atoms with E-state index in [1.165, 1.54) is 6.07 Å². The quantitative estimate of drug-likeness (QED) is 0.351. The van der Waals surface area contributed by atoms with Gasteiger partial charge in [0.1, 0.15) is 23.6 Å². The van der Waals surface area contributed by atoms with Crippen molar-refractivity contribution in [2.24, 2.45) is 0 Å². The number of hydrogen-bond acceptors (Lipinski definition) is 5. The Bertz CT molecular complexity index is 1770. The minimum atomic E-state index is -1.29. The van der Waals surface area contributed by atoms with Gasteiger partial charge in [0.2, 0.25) is 0 Å². The average molecular weight is 484 g/mol. The number of carbonyl (C=O) groups excluding carboxylic acids is 1. The number of aromatic carboxylic acids is 1. The molecule has 0 aliphatic heterocycles. The topological polar surface area (TPSA) is 79.8 Å². The van der Waals surface area contributed by atoms with E-state index in [9.17, 15) is 9.90 Å². The molecule has 0 bridgehead atoms. The molecule has 0 unspecified atom stereocenters. The minimum absolute atomic E-state index is 0. The zero-order valence-corrected chi connectivity index (χ0v) is 22.2. The Hall–Kier alpha value is -3.58. The number of rotatable bonds is 5. The summed E-state index contributed by atoms with van der Waals surface area (Å²) in [6.45, 7) is 4.13. The molecule has 172 valence electrons. The predicted octanol–water partition coefficient (Wildman–Crippen LogP) is 2.46. The zero-order valence-electron chi connectivity index (χ0n) is 20.2. The summed E-state index contributed by atoms with van der Waals surface area (Å²) in [5.74, 6) is -0.306. The van der Waals surface area contributed by atoms with E-state index in [-0.39, 0.29) is 41.7 Å². The summed E-state index contributed by atoms with van der Waals surface area (Å²) < 4.78 is 14.2. The fraction of sp³-hybridized carbons (Fsp3) is 0.103. The van der Waals surface area contributed by atoms with Crippen molar-refractivity contribution in [2.45, 2.75) is 20.5 Å². The number of aryl methyl sites for hydroxylation is 2. The molecule has 0 amide bonds. The van der Waals surface area contributed by atoms with Gasteiger partial charge in [-0.1, -0.05) is 24.3 Å². The van der Waals surface area contributed by atoms with E-state index in [1.54, 1.807) is 6.07 Å². The molecule has 4 heterocycles. The maximum Gasteiger partial charge on any atom is 1.00 e. The van der Waals surface area contributed by atoms with E-state index < -0.39 is 5.97 Å². The maximum absolute atomic E-state index is 12.3. The number of furan rings is 1. The van der Waals surface area contributed by atoms with Gasteiger partial charge in [-0.25, -0.2) is 4.98 Å². The number of benzene rings is 2. The first-order valence-corrected chi connectivity index (χ1v) is 11.3. The van der Waals surface area contributed by atoms with Crippen LogP contribution in [-0.4, -0.2) is 15.4 Å². The van der Waals surface area contributed by atoms with Gasteiger partial charge in [-0.15, -0.1) is 0 Å². The van der Waals surface area contributed by atoms with E-state index in [2.05, 4.69) is 0 Å². The van der Waals surface area contributed by atoms with Gasteiger partial charge in [-0.05, 0) is 67.4 Å². The van der Waals surface area contributed by atoms with Crippen LogP contribution in [0.5, 0.6) is 5.75 Å². The van der Waals surface area contributed by atoms with Crippen LogP contribution in [-0.2, 0) is 6.61 Å². The molecule has 0 saturated heterocycles. The molecule has 2 aromatic carbocycles. The van der Waals surface area contributed by atoms with Gasteiger partial charge in [0, 0.05) is 34.4 Å². The Morgan fingerprint density at radius 2 is 1.86 bits per heavy atom. The number of nitrogens with zero attached hydrogens (tertiary/aromatic N) is 2. The minimum Gasteiger partial charge on any atom is -0.545 e. The maximum atomic E-state index is 12.3. The fourth-order valence-electron chi connectivity index (χ4n) is 4.59. The molecule has 0 saturated carbocycles. The number of aromatic nitrogens is 2. The predicted molar refractivity (Wildman–Crippen MR) is 132 cm³/mol. The number of hydrogen-bond donors (Lipinski definition) is 0. The Morgan fingerprint density at radius 3 is 2.67 bits per heavy atom. The van der Waals surface area contributed by atoms with Crippen LogP contribution in [0.15, 0.2) is 83.5 Å². The molecule has 0 aliphatic carbocycles. The molecular formula is C29H21N2NaO4. The smallest absolute Gasteiger partial charge is 0.545 e. The van der Waals surface area contributed by atoms with E-state index >= 15 is 0 Å². The van der Waals surface area contributed by atoms with Crippen molar-refractivity contribution in [3.8, 4) is 17.2 Å². The van der Waals surface area contributed by atoms with Crippen molar-refractivity contribution in [3.05, 3.63) is 101 Å². The van der Waals surface area contributed by atoms with Crippen LogP contribution in [0.3, 0.4) is 0 Å². The summed E-state index contributed by atoms with van der Waals surface area (Å²) in [4.78, 5) is 17.1. The molecule has 0 N–H and O–H groups in total. The first-order chi connectivity index (χ1) is 17.0. The van der Waals surface area contributed by atoms with E-state index in [4.69, 9.17) is 14.1 Å². The molecule has 7 heteroatoms. The van der Waals surface area contributed by atoms with Crippen LogP contribution in [0.4, 0.5) is 0 Å². The summed E-state index contributed by atoms with van der Waals surface area (Å²) in [6, 6.07) is 20.9. The van der Waals surface area contributed by atoms with Crippen LogP contribution in [0.25, 0.3) is 38.8 Å². The first-order valence-electron chi connectivity index (χ1n) is 11.3. The normalized spacial score (nSPS) is 11.2. The molecule has 0 spiro atoms. The van der Waals surface area contributed by atoms with Crippen molar-refractivity contribution < 1.29 is 48.6 Å². The second kappa shape index (κ2) is 9.47. The van der Waals surface area contributed by atoms with Gasteiger partial charge in [0.15, 0.2) is 5.76 Å². The van der Waals surface area contributed by atoms with Gasteiger partial charge in [-0.3, -0.25) is 0 Å². The molecule has 36 heavy (non-hydrogen) atoms. The van der Waals surface area contributed by atoms with Crippen LogP contribution >= 0.6 is 0 Å². The van der Waals surface area contributed by atoms with Crippen molar-refractivity contribution in [3.63, 3.8) is 0 Å². The Labute approximate surface area is 229 Å². The molecule has 6 aromatic rings. The van der Waals surface area contributed by atoms with Gasteiger partial charge < -0.3 is 23.5 Å².